The van der Waals surface area contributed by atoms with Crippen LogP contribution in [0, 0.1) is 5.92 Å². The van der Waals surface area contributed by atoms with Gasteiger partial charge in [-0.25, -0.2) is 4.98 Å². The van der Waals surface area contributed by atoms with Crippen molar-refractivity contribution in [2.45, 2.75) is 25.8 Å². The standard InChI is InChI=1S/C9H12ClN3O/c1-5(6-2-3-6)12-9-11-4-7(10)8(14)13-9/h4-6H,2-3H2,1H3,(H2,11,12,13,14). The highest BCUT2D eigenvalue weighted by Crippen LogP contribution is 2.33. The number of hydrogen-bond acceptors (Lipinski definition) is 3. The Labute approximate surface area is 86.7 Å². The first-order valence-electron chi connectivity index (χ1n) is 4.68. The Morgan fingerprint density at radius 3 is 3.00 bits per heavy atom. The normalized spacial score (nSPS) is 17.9. The van der Waals surface area contributed by atoms with E-state index in [0.29, 0.717) is 12.0 Å². The molecule has 2 rings (SSSR count). The Kier molecular flexibility index (Phi) is 2.46. The Morgan fingerprint density at radius 2 is 2.43 bits per heavy atom. The van der Waals surface area contributed by atoms with E-state index in [4.69, 9.17) is 11.6 Å². The molecule has 1 aromatic heterocycles. The highest BCUT2D eigenvalue weighted by Gasteiger charge is 2.28. The fourth-order valence-electron chi connectivity index (χ4n) is 1.38. The fourth-order valence-corrected chi connectivity index (χ4v) is 1.48. The Bertz CT molecular complexity index is 386. The molecule has 1 fully saturated rings. The van der Waals surface area contributed by atoms with Gasteiger partial charge < -0.3 is 5.32 Å². The molecular weight excluding hydrogens is 202 g/mol. The maximum atomic E-state index is 11.1. The summed E-state index contributed by atoms with van der Waals surface area (Å²) in [5, 5.41) is 3.27. The number of hydrogen-bond donors (Lipinski definition) is 2. The average Bonchev–Trinajstić information content (AvgIpc) is 2.94. The minimum atomic E-state index is -0.299. The molecule has 0 aromatic carbocycles. The number of H-pyrrole nitrogens is 1. The van der Waals surface area contributed by atoms with E-state index in [2.05, 4.69) is 22.2 Å². The van der Waals surface area contributed by atoms with Crippen LogP contribution in [0.2, 0.25) is 5.02 Å². The van der Waals surface area contributed by atoms with Crippen molar-refractivity contribution in [2.75, 3.05) is 5.32 Å². The van der Waals surface area contributed by atoms with Crippen molar-refractivity contribution in [3.8, 4) is 0 Å². The molecule has 1 heterocycles. The van der Waals surface area contributed by atoms with Crippen LogP contribution in [0.5, 0.6) is 0 Å². The van der Waals surface area contributed by atoms with Crippen LogP contribution in [0.3, 0.4) is 0 Å². The Hall–Kier alpha value is -1.03. The minimum absolute atomic E-state index is 0.120. The monoisotopic (exact) mass is 213 g/mol. The molecule has 0 radical (unpaired) electrons. The van der Waals surface area contributed by atoms with Gasteiger partial charge in [-0.2, -0.15) is 0 Å². The quantitative estimate of drug-likeness (QED) is 0.803. The molecule has 0 bridgehead atoms. The second-order valence-corrected chi connectivity index (χ2v) is 4.09. The van der Waals surface area contributed by atoms with Gasteiger partial charge in [0.25, 0.3) is 5.56 Å². The van der Waals surface area contributed by atoms with Crippen LogP contribution < -0.4 is 10.9 Å². The summed E-state index contributed by atoms with van der Waals surface area (Å²) in [5.74, 6) is 1.22. The molecule has 1 aliphatic carbocycles. The van der Waals surface area contributed by atoms with E-state index in [9.17, 15) is 4.79 Å². The summed E-state index contributed by atoms with van der Waals surface area (Å²) >= 11 is 5.56. The van der Waals surface area contributed by atoms with Gasteiger partial charge >= 0.3 is 0 Å². The first kappa shape index (κ1) is 9.52. The molecule has 1 atom stereocenters. The lowest BCUT2D eigenvalue weighted by Gasteiger charge is -2.12. The largest absolute Gasteiger partial charge is 0.353 e. The summed E-state index contributed by atoms with van der Waals surface area (Å²) in [6, 6.07) is 0.360. The number of nitrogens with zero attached hydrogens (tertiary/aromatic N) is 1. The van der Waals surface area contributed by atoms with Gasteiger partial charge in [-0.15, -0.1) is 0 Å². The molecule has 0 aliphatic heterocycles. The summed E-state index contributed by atoms with van der Waals surface area (Å²) in [7, 11) is 0. The second kappa shape index (κ2) is 3.61. The Balaban J connectivity index is 2.08. The third-order valence-electron chi connectivity index (χ3n) is 2.45. The molecule has 0 amide bonds. The van der Waals surface area contributed by atoms with Crippen molar-refractivity contribution in [3.63, 3.8) is 0 Å². The molecule has 1 aromatic rings. The molecular formula is C9H12ClN3O. The zero-order valence-corrected chi connectivity index (χ0v) is 8.64. The summed E-state index contributed by atoms with van der Waals surface area (Å²) in [6.45, 7) is 2.09. The summed E-state index contributed by atoms with van der Waals surface area (Å²) in [6.07, 6.45) is 3.88. The van der Waals surface area contributed by atoms with Gasteiger partial charge in [0.2, 0.25) is 5.95 Å². The molecule has 14 heavy (non-hydrogen) atoms. The number of anilines is 1. The van der Waals surface area contributed by atoms with E-state index >= 15 is 0 Å². The summed E-state index contributed by atoms with van der Waals surface area (Å²) in [4.78, 5) is 17.7. The molecule has 4 nitrogen and oxygen atoms in total. The van der Waals surface area contributed by atoms with Gasteiger partial charge in [0.05, 0.1) is 6.20 Å². The number of nitrogens with one attached hydrogen (secondary N) is 2. The van der Waals surface area contributed by atoms with Crippen molar-refractivity contribution in [3.05, 3.63) is 21.6 Å². The van der Waals surface area contributed by atoms with Crippen LogP contribution in [0.25, 0.3) is 0 Å². The molecule has 2 N–H and O–H groups in total. The van der Waals surface area contributed by atoms with Gasteiger partial charge in [-0.3, -0.25) is 9.78 Å². The SMILES string of the molecule is CC(Nc1ncc(Cl)c(=O)[nH]1)C1CC1. The van der Waals surface area contributed by atoms with E-state index in [-0.39, 0.29) is 10.6 Å². The van der Waals surface area contributed by atoms with Crippen molar-refractivity contribution in [2.24, 2.45) is 5.92 Å². The van der Waals surface area contributed by atoms with Gasteiger partial charge in [0.15, 0.2) is 0 Å². The van der Waals surface area contributed by atoms with Crippen LogP contribution in [0.1, 0.15) is 19.8 Å². The number of rotatable bonds is 3. The lowest BCUT2D eigenvalue weighted by atomic mass is 10.2. The van der Waals surface area contributed by atoms with Crippen LogP contribution in [-0.4, -0.2) is 16.0 Å². The molecule has 5 heteroatoms. The maximum absolute atomic E-state index is 11.1. The highest BCUT2D eigenvalue weighted by molar-refractivity contribution is 6.30. The smallest absolute Gasteiger partial charge is 0.271 e. The van der Waals surface area contributed by atoms with Gasteiger partial charge in [0, 0.05) is 6.04 Å². The maximum Gasteiger partial charge on any atom is 0.271 e. The molecule has 76 valence electrons. The van der Waals surface area contributed by atoms with Crippen LogP contribution in [-0.2, 0) is 0 Å². The zero-order chi connectivity index (χ0) is 10.1. The van der Waals surface area contributed by atoms with Crippen molar-refractivity contribution < 1.29 is 0 Å². The lowest BCUT2D eigenvalue weighted by molar-refractivity contribution is 0.685. The van der Waals surface area contributed by atoms with E-state index in [0.717, 1.165) is 5.92 Å². The predicted octanol–water partition coefficient (Wildman–Crippen LogP) is 1.63. The van der Waals surface area contributed by atoms with E-state index < -0.39 is 0 Å². The zero-order valence-electron chi connectivity index (χ0n) is 7.88. The predicted molar refractivity (Wildman–Crippen MR) is 55.7 cm³/mol. The summed E-state index contributed by atoms with van der Waals surface area (Å²) < 4.78 is 0. The third-order valence-corrected chi connectivity index (χ3v) is 2.72. The minimum Gasteiger partial charge on any atom is -0.353 e. The van der Waals surface area contributed by atoms with E-state index in [1.165, 1.54) is 19.0 Å². The Morgan fingerprint density at radius 1 is 1.71 bits per heavy atom. The van der Waals surface area contributed by atoms with Gasteiger partial charge in [0.1, 0.15) is 5.02 Å². The lowest BCUT2D eigenvalue weighted by Crippen LogP contribution is -2.21. The van der Waals surface area contributed by atoms with Crippen molar-refractivity contribution in [1.82, 2.24) is 9.97 Å². The molecule has 0 spiro atoms. The topological polar surface area (TPSA) is 57.8 Å². The third kappa shape index (κ3) is 2.07. The molecule has 1 saturated carbocycles. The van der Waals surface area contributed by atoms with E-state index in [1.54, 1.807) is 0 Å². The average molecular weight is 214 g/mol. The van der Waals surface area contributed by atoms with E-state index in [1.807, 2.05) is 0 Å². The number of aromatic nitrogens is 2. The van der Waals surface area contributed by atoms with Crippen LogP contribution in [0.4, 0.5) is 5.95 Å². The van der Waals surface area contributed by atoms with Crippen LogP contribution in [0.15, 0.2) is 11.0 Å². The van der Waals surface area contributed by atoms with Crippen molar-refractivity contribution >= 4 is 17.5 Å². The fraction of sp³-hybridized carbons (Fsp3) is 0.556. The molecule has 1 aliphatic rings. The number of aromatic amines is 1. The molecule has 0 saturated heterocycles. The first-order chi connectivity index (χ1) is 6.66. The number of halogens is 1. The van der Waals surface area contributed by atoms with Gasteiger partial charge in [-0.1, -0.05) is 11.6 Å². The second-order valence-electron chi connectivity index (χ2n) is 3.68. The highest BCUT2D eigenvalue weighted by atomic mass is 35.5. The first-order valence-corrected chi connectivity index (χ1v) is 5.06. The van der Waals surface area contributed by atoms with Crippen LogP contribution >= 0.6 is 11.6 Å². The van der Waals surface area contributed by atoms with Crippen molar-refractivity contribution in [1.29, 1.82) is 0 Å². The van der Waals surface area contributed by atoms with Gasteiger partial charge in [-0.05, 0) is 25.7 Å². The summed E-state index contributed by atoms with van der Waals surface area (Å²) in [5.41, 5.74) is -0.299. The molecule has 1 unspecified atom stereocenters.